The number of fused-ring (bicyclic) bond motifs is 1. The van der Waals surface area contributed by atoms with Crippen LogP contribution in [-0.4, -0.2) is 25.0 Å². The Hall–Kier alpha value is -3.61. The van der Waals surface area contributed by atoms with Crippen LogP contribution in [0, 0.1) is 6.92 Å². The number of benzene rings is 2. The molecule has 0 aliphatic rings. The van der Waals surface area contributed by atoms with Crippen LogP contribution in [0.3, 0.4) is 0 Å². The van der Waals surface area contributed by atoms with E-state index in [2.05, 4.69) is 49.7 Å². The van der Waals surface area contributed by atoms with Crippen LogP contribution < -0.4 is 5.32 Å². The molecule has 0 saturated carbocycles. The lowest BCUT2D eigenvalue weighted by atomic mass is 10.1. The summed E-state index contributed by atoms with van der Waals surface area (Å²) >= 11 is 12.3. The first-order valence-corrected chi connectivity index (χ1v) is 11.5. The van der Waals surface area contributed by atoms with Gasteiger partial charge in [-0.2, -0.15) is 0 Å². The fourth-order valence-electron chi connectivity index (χ4n) is 4.03. The van der Waals surface area contributed by atoms with Gasteiger partial charge < -0.3 is 14.5 Å². The number of carbonyl (C=O) groups excluding carboxylic acids is 1. The molecule has 0 bridgehead atoms. The van der Waals surface area contributed by atoms with Gasteiger partial charge in [0.05, 0.1) is 22.3 Å². The van der Waals surface area contributed by atoms with E-state index in [0.29, 0.717) is 17.8 Å². The minimum absolute atomic E-state index is 0.284. The molecular weight excluding hydrogens is 469 g/mol. The summed E-state index contributed by atoms with van der Waals surface area (Å²) in [6, 6.07) is 15.9. The Balaban J connectivity index is 1.44. The number of aromatic nitrogens is 4. The number of hydrogen-bond donors (Lipinski definition) is 1. The summed E-state index contributed by atoms with van der Waals surface area (Å²) in [4.78, 5) is 21.5. The summed E-state index contributed by atoms with van der Waals surface area (Å²) in [6.45, 7) is 3.39. The molecule has 0 radical (unpaired) electrons. The van der Waals surface area contributed by atoms with Gasteiger partial charge in [0.15, 0.2) is 0 Å². The Morgan fingerprint density at radius 3 is 2.53 bits per heavy atom. The predicted molar refractivity (Wildman–Crippen MR) is 136 cm³/mol. The summed E-state index contributed by atoms with van der Waals surface area (Å²) < 4.78 is 4.26. The lowest BCUT2D eigenvalue weighted by molar-refractivity contribution is 0.102. The number of imidazole rings is 1. The molecule has 34 heavy (non-hydrogen) atoms. The highest BCUT2D eigenvalue weighted by Crippen LogP contribution is 2.30. The molecule has 0 aliphatic heterocycles. The van der Waals surface area contributed by atoms with Crippen molar-refractivity contribution in [3.8, 4) is 0 Å². The Morgan fingerprint density at radius 1 is 1.00 bits per heavy atom. The van der Waals surface area contributed by atoms with Crippen molar-refractivity contribution in [2.75, 3.05) is 5.32 Å². The zero-order valence-corrected chi connectivity index (χ0v) is 19.9. The second kappa shape index (κ2) is 9.33. The Labute approximate surface area is 206 Å². The average molecular weight is 490 g/mol. The van der Waals surface area contributed by atoms with Gasteiger partial charge >= 0.3 is 0 Å². The van der Waals surface area contributed by atoms with E-state index in [1.165, 1.54) is 18.0 Å². The standard InChI is InChI=1S/C26H21Cl2N5O/c1-17-14-33(16-24-30-9-10-32(24)15-18-5-3-2-4-6-18)23-11-19(7-8-20(17)23)26(34)31-25-21(27)12-29-13-22(25)28/h2-14H,15-16H2,1H3,(H,29,31,34). The van der Waals surface area contributed by atoms with Gasteiger partial charge in [-0.1, -0.05) is 59.6 Å². The second-order valence-electron chi connectivity index (χ2n) is 8.06. The van der Waals surface area contributed by atoms with Crippen LogP contribution in [0.2, 0.25) is 10.0 Å². The van der Waals surface area contributed by atoms with E-state index in [0.717, 1.165) is 28.8 Å². The van der Waals surface area contributed by atoms with Gasteiger partial charge in [0.25, 0.3) is 5.91 Å². The molecule has 0 atom stereocenters. The van der Waals surface area contributed by atoms with E-state index in [-0.39, 0.29) is 16.0 Å². The summed E-state index contributed by atoms with van der Waals surface area (Å²) in [5.74, 6) is 0.638. The first kappa shape index (κ1) is 22.2. The Kier molecular flexibility index (Phi) is 6.09. The molecule has 3 heterocycles. The van der Waals surface area contributed by atoms with E-state index in [1.54, 1.807) is 6.07 Å². The maximum Gasteiger partial charge on any atom is 0.255 e. The molecule has 3 aromatic heterocycles. The first-order chi connectivity index (χ1) is 16.5. The van der Waals surface area contributed by atoms with Crippen molar-refractivity contribution in [2.45, 2.75) is 20.0 Å². The van der Waals surface area contributed by atoms with Crippen molar-refractivity contribution in [1.82, 2.24) is 19.1 Å². The number of nitrogens with zero attached hydrogens (tertiary/aromatic N) is 4. The van der Waals surface area contributed by atoms with E-state index in [1.807, 2.05) is 42.7 Å². The molecule has 1 N–H and O–H groups in total. The van der Waals surface area contributed by atoms with Crippen molar-refractivity contribution >= 4 is 45.7 Å². The van der Waals surface area contributed by atoms with E-state index < -0.39 is 0 Å². The van der Waals surface area contributed by atoms with E-state index >= 15 is 0 Å². The van der Waals surface area contributed by atoms with Crippen LogP contribution in [0.5, 0.6) is 0 Å². The molecule has 170 valence electrons. The van der Waals surface area contributed by atoms with Gasteiger partial charge in [-0.25, -0.2) is 4.98 Å². The van der Waals surface area contributed by atoms with Crippen LogP contribution in [0.4, 0.5) is 5.69 Å². The van der Waals surface area contributed by atoms with Crippen molar-refractivity contribution in [3.05, 3.63) is 112 Å². The maximum absolute atomic E-state index is 13.0. The SMILES string of the molecule is Cc1cn(Cc2nccn2Cc2ccccc2)c2cc(C(=O)Nc3c(Cl)cncc3Cl)ccc12. The molecule has 5 aromatic rings. The van der Waals surface area contributed by atoms with Crippen LogP contribution >= 0.6 is 23.2 Å². The molecule has 0 spiro atoms. The summed E-state index contributed by atoms with van der Waals surface area (Å²) in [6.07, 6.45) is 8.78. The highest BCUT2D eigenvalue weighted by atomic mass is 35.5. The minimum atomic E-state index is -0.298. The van der Waals surface area contributed by atoms with Gasteiger partial charge in [-0.3, -0.25) is 9.78 Å². The van der Waals surface area contributed by atoms with E-state index in [4.69, 9.17) is 23.2 Å². The summed E-state index contributed by atoms with van der Waals surface area (Å²) in [5.41, 5.74) is 4.14. The molecule has 5 rings (SSSR count). The van der Waals surface area contributed by atoms with Gasteiger partial charge in [0.1, 0.15) is 5.82 Å². The first-order valence-electron chi connectivity index (χ1n) is 10.7. The van der Waals surface area contributed by atoms with Crippen LogP contribution in [0.25, 0.3) is 10.9 Å². The molecule has 6 nitrogen and oxygen atoms in total. The third-order valence-electron chi connectivity index (χ3n) is 5.74. The van der Waals surface area contributed by atoms with Crippen LogP contribution in [0.15, 0.2) is 79.5 Å². The number of nitrogens with one attached hydrogen (secondary N) is 1. The molecule has 0 saturated heterocycles. The number of anilines is 1. The zero-order chi connectivity index (χ0) is 23.7. The normalized spacial score (nSPS) is 11.1. The van der Waals surface area contributed by atoms with Crippen LogP contribution in [-0.2, 0) is 13.1 Å². The molecule has 0 unspecified atom stereocenters. The molecule has 2 aromatic carbocycles. The number of pyridine rings is 1. The minimum Gasteiger partial charge on any atom is -0.340 e. The smallest absolute Gasteiger partial charge is 0.255 e. The highest BCUT2D eigenvalue weighted by Gasteiger charge is 2.15. The number of aryl methyl sites for hydroxylation is 1. The predicted octanol–water partition coefficient (Wildman–Crippen LogP) is 6.20. The van der Waals surface area contributed by atoms with Gasteiger partial charge in [0.2, 0.25) is 0 Å². The lowest BCUT2D eigenvalue weighted by Gasteiger charge is -2.11. The fourth-order valence-corrected chi connectivity index (χ4v) is 4.49. The lowest BCUT2D eigenvalue weighted by Crippen LogP contribution is -2.13. The molecule has 8 heteroatoms. The largest absolute Gasteiger partial charge is 0.340 e. The molecule has 0 aliphatic carbocycles. The Bertz CT molecular complexity index is 1470. The van der Waals surface area contributed by atoms with E-state index in [9.17, 15) is 4.79 Å². The molecule has 1 amide bonds. The van der Waals surface area contributed by atoms with Crippen molar-refractivity contribution in [2.24, 2.45) is 0 Å². The Morgan fingerprint density at radius 2 is 1.76 bits per heavy atom. The third-order valence-corrected chi connectivity index (χ3v) is 6.32. The molecule has 0 fully saturated rings. The maximum atomic E-state index is 13.0. The third kappa shape index (κ3) is 4.42. The van der Waals surface area contributed by atoms with Crippen molar-refractivity contribution < 1.29 is 4.79 Å². The quantitative estimate of drug-likeness (QED) is 0.308. The number of carbonyl (C=O) groups is 1. The average Bonchev–Trinajstić information content (AvgIpc) is 3.40. The number of hydrogen-bond acceptors (Lipinski definition) is 3. The zero-order valence-electron chi connectivity index (χ0n) is 18.4. The van der Waals surface area contributed by atoms with Crippen LogP contribution in [0.1, 0.15) is 27.3 Å². The topological polar surface area (TPSA) is 64.7 Å². The second-order valence-corrected chi connectivity index (χ2v) is 8.88. The monoisotopic (exact) mass is 489 g/mol. The number of halogens is 2. The molecular formula is C26H21Cl2N5O. The van der Waals surface area contributed by atoms with Gasteiger partial charge in [0, 0.05) is 54.0 Å². The summed E-state index contributed by atoms with van der Waals surface area (Å²) in [5, 5.41) is 4.45. The van der Waals surface area contributed by atoms with Crippen molar-refractivity contribution in [3.63, 3.8) is 0 Å². The number of amides is 1. The fraction of sp³-hybridized carbons (Fsp3) is 0.115. The summed E-state index contributed by atoms with van der Waals surface area (Å²) in [7, 11) is 0. The van der Waals surface area contributed by atoms with Gasteiger partial charge in [-0.15, -0.1) is 0 Å². The van der Waals surface area contributed by atoms with Gasteiger partial charge in [-0.05, 0) is 30.2 Å². The highest BCUT2D eigenvalue weighted by molar-refractivity contribution is 6.39. The van der Waals surface area contributed by atoms with Crippen molar-refractivity contribution in [1.29, 1.82) is 0 Å². The number of rotatable bonds is 6.